The minimum Gasteiger partial charge on any atom is -0.388 e. The van der Waals surface area contributed by atoms with Gasteiger partial charge in [-0.2, -0.15) is 0 Å². The van der Waals surface area contributed by atoms with Crippen molar-refractivity contribution >= 4 is 11.6 Å². The number of fused-ring (bicyclic) bond motifs is 1. The SMILES string of the molecule is CC(C)CC(O)c1ccc2c(c1)C(C)(C)C(=O)N2C. The highest BCUT2D eigenvalue weighted by molar-refractivity contribution is 6.07. The monoisotopic (exact) mass is 261 g/mol. The third-order valence-corrected chi connectivity index (χ3v) is 3.97. The standard InChI is InChI=1S/C16H23NO2/c1-10(2)8-14(18)11-6-7-13-12(9-11)16(3,4)15(19)17(13)5/h6-7,9-10,14,18H,8H2,1-5H3. The summed E-state index contributed by atoms with van der Waals surface area (Å²) < 4.78 is 0. The molecule has 0 aliphatic carbocycles. The summed E-state index contributed by atoms with van der Waals surface area (Å²) in [5, 5.41) is 10.2. The van der Waals surface area contributed by atoms with E-state index in [9.17, 15) is 9.90 Å². The molecule has 19 heavy (non-hydrogen) atoms. The van der Waals surface area contributed by atoms with Gasteiger partial charge in [-0.15, -0.1) is 0 Å². The predicted octanol–water partition coefficient (Wildman–Crippen LogP) is 3.02. The summed E-state index contributed by atoms with van der Waals surface area (Å²) in [6.07, 6.45) is 0.283. The summed E-state index contributed by atoms with van der Waals surface area (Å²) in [4.78, 5) is 13.9. The van der Waals surface area contributed by atoms with Crippen LogP contribution < -0.4 is 4.90 Å². The van der Waals surface area contributed by atoms with E-state index in [0.29, 0.717) is 5.92 Å². The number of amides is 1. The van der Waals surface area contributed by atoms with Crippen molar-refractivity contribution in [1.82, 2.24) is 0 Å². The normalized spacial score (nSPS) is 18.9. The first-order valence-electron chi connectivity index (χ1n) is 6.85. The molecule has 1 aromatic rings. The Balaban J connectivity index is 2.40. The molecular weight excluding hydrogens is 238 g/mol. The van der Waals surface area contributed by atoms with E-state index in [-0.39, 0.29) is 5.91 Å². The average Bonchev–Trinajstić information content (AvgIpc) is 2.50. The molecular formula is C16H23NO2. The fourth-order valence-corrected chi connectivity index (χ4v) is 2.78. The van der Waals surface area contributed by atoms with E-state index in [1.807, 2.05) is 32.0 Å². The van der Waals surface area contributed by atoms with Crippen molar-refractivity contribution in [3.05, 3.63) is 29.3 Å². The van der Waals surface area contributed by atoms with Gasteiger partial charge in [0.15, 0.2) is 0 Å². The first kappa shape index (κ1) is 14.1. The molecule has 3 nitrogen and oxygen atoms in total. The Kier molecular flexibility index (Phi) is 3.43. The molecule has 1 aromatic carbocycles. The number of carbonyl (C=O) groups excluding carboxylic acids is 1. The molecule has 1 aliphatic rings. The van der Waals surface area contributed by atoms with Gasteiger partial charge in [0, 0.05) is 12.7 Å². The number of rotatable bonds is 3. The van der Waals surface area contributed by atoms with Crippen LogP contribution in [-0.2, 0) is 10.2 Å². The number of nitrogens with zero attached hydrogens (tertiary/aromatic N) is 1. The van der Waals surface area contributed by atoms with Crippen LogP contribution in [0.5, 0.6) is 0 Å². The zero-order valence-electron chi connectivity index (χ0n) is 12.4. The Bertz CT molecular complexity index is 505. The number of likely N-dealkylation sites (N-methyl/N-ethyl adjacent to an activating group) is 1. The van der Waals surface area contributed by atoms with Crippen molar-refractivity contribution in [2.45, 2.75) is 45.6 Å². The quantitative estimate of drug-likeness (QED) is 0.908. The average molecular weight is 261 g/mol. The topological polar surface area (TPSA) is 40.5 Å². The molecule has 0 saturated carbocycles. The largest absolute Gasteiger partial charge is 0.388 e. The van der Waals surface area contributed by atoms with E-state index in [2.05, 4.69) is 13.8 Å². The molecule has 1 aliphatic heterocycles. The Morgan fingerprint density at radius 3 is 2.53 bits per heavy atom. The molecule has 0 aromatic heterocycles. The molecule has 1 atom stereocenters. The number of benzene rings is 1. The predicted molar refractivity (Wildman–Crippen MR) is 77.3 cm³/mol. The fourth-order valence-electron chi connectivity index (χ4n) is 2.78. The van der Waals surface area contributed by atoms with Crippen LogP contribution in [0.25, 0.3) is 0 Å². The number of aliphatic hydroxyl groups is 1. The van der Waals surface area contributed by atoms with Gasteiger partial charge in [0.25, 0.3) is 0 Å². The lowest BCUT2D eigenvalue weighted by atomic mass is 9.84. The lowest BCUT2D eigenvalue weighted by molar-refractivity contribution is -0.121. The van der Waals surface area contributed by atoms with Crippen LogP contribution in [0.15, 0.2) is 18.2 Å². The van der Waals surface area contributed by atoms with E-state index in [1.54, 1.807) is 11.9 Å². The van der Waals surface area contributed by atoms with Crippen LogP contribution in [-0.4, -0.2) is 18.1 Å². The van der Waals surface area contributed by atoms with Crippen LogP contribution in [0.1, 0.15) is 51.3 Å². The smallest absolute Gasteiger partial charge is 0.236 e. The number of carbonyl (C=O) groups is 1. The summed E-state index contributed by atoms with van der Waals surface area (Å²) in [7, 11) is 1.81. The van der Waals surface area contributed by atoms with Gasteiger partial charge in [0.1, 0.15) is 0 Å². The van der Waals surface area contributed by atoms with Crippen LogP contribution in [0.2, 0.25) is 0 Å². The van der Waals surface area contributed by atoms with Crippen molar-refractivity contribution in [1.29, 1.82) is 0 Å². The molecule has 0 saturated heterocycles. The number of aliphatic hydroxyl groups excluding tert-OH is 1. The molecule has 1 N–H and O–H groups in total. The highest BCUT2D eigenvalue weighted by Gasteiger charge is 2.42. The van der Waals surface area contributed by atoms with Gasteiger partial charge in [-0.1, -0.05) is 26.0 Å². The minimum absolute atomic E-state index is 0.109. The van der Waals surface area contributed by atoms with Crippen molar-refractivity contribution < 1.29 is 9.90 Å². The van der Waals surface area contributed by atoms with Crippen molar-refractivity contribution in [3.8, 4) is 0 Å². The lowest BCUT2D eigenvalue weighted by Crippen LogP contribution is -2.33. The van der Waals surface area contributed by atoms with E-state index in [1.165, 1.54) is 0 Å². The first-order valence-corrected chi connectivity index (χ1v) is 6.85. The Morgan fingerprint density at radius 1 is 1.32 bits per heavy atom. The van der Waals surface area contributed by atoms with Gasteiger partial charge in [0.05, 0.1) is 11.5 Å². The Morgan fingerprint density at radius 2 is 1.95 bits per heavy atom. The molecule has 2 rings (SSSR count). The summed E-state index contributed by atoms with van der Waals surface area (Å²) in [6, 6.07) is 5.86. The van der Waals surface area contributed by atoms with E-state index >= 15 is 0 Å². The van der Waals surface area contributed by atoms with E-state index in [0.717, 1.165) is 23.2 Å². The second kappa shape index (κ2) is 4.64. The third kappa shape index (κ3) is 2.27. The number of anilines is 1. The van der Waals surface area contributed by atoms with Crippen LogP contribution in [0, 0.1) is 5.92 Å². The van der Waals surface area contributed by atoms with Gasteiger partial charge in [-0.3, -0.25) is 4.79 Å². The minimum atomic E-state index is -0.502. The second-order valence-electron chi connectivity index (χ2n) is 6.41. The Labute approximate surface area is 115 Å². The maximum Gasteiger partial charge on any atom is 0.236 e. The van der Waals surface area contributed by atoms with Crippen LogP contribution >= 0.6 is 0 Å². The van der Waals surface area contributed by atoms with Gasteiger partial charge in [-0.05, 0) is 43.4 Å². The van der Waals surface area contributed by atoms with Gasteiger partial charge >= 0.3 is 0 Å². The molecule has 1 heterocycles. The zero-order valence-corrected chi connectivity index (χ0v) is 12.4. The maximum atomic E-state index is 12.2. The highest BCUT2D eigenvalue weighted by atomic mass is 16.3. The molecule has 3 heteroatoms. The van der Waals surface area contributed by atoms with Gasteiger partial charge in [-0.25, -0.2) is 0 Å². The second-order valence-corrected chi connectivity index (χ2v) is 6.41. The summed E-state index contributed by atoms with van der Waals surface area (Å²) in [5.41, 5.74) is 2.37. The Hall–Kier alpha value is -1.35. The van der Waals surface area contributed by atoms with Crippen molar-refractivity contribution in [2.75, 3.05) is 11.9 Å². The molecule has 1 amide bonds. The number of hydrogen-bond donors (Lipinski definition) is 1. The molecule has 104 valence electrons. The molecule has 1 unspecified atom stereocenters. The lowest BCUT2D eigenvalue weighted by Gasteiger charge is -2.18. The summed E-state index contributed by atoms with van der Waals surface area (Å²) in [5.74, 6) is 0.554. The van der Waals surface area contributed by atoms with Crippen molar-refractivity contribution in [3.63, 3.8) is 0 Å². The van der Waals surface area contributed by atoms with E-state index in [4.69, 9.17) is 0 Å². The maximum absolute atomic E-state index is 12.2. The summed E-state index contributed by atoms with van der Waals surface area (Å²) >= 11 is 0. The third-order valence-electron chi connectivity index (χ3n) is 3.97. The van der Waals surface area contributed by atoms with Crippen LogP contribution in [0.4, 0.5) is 5.69 Å². The molecule has 0 radical (unpaired) electrons. The number of hydrogen-bond acceptors (Lipinski definition) is 2. The van der Waals surface area contributed by atoms with Crippen molar-refractivity contribution in [2.24, 2.45) is 5.92 Å². The zero-order chi connectivity index (χ0) is 14.4. The van der Waals surface area contributed by atoms with Gasteiger partial charge < -0.3 is 10.0 Å². The molecule has 0 spiro atoms. The van der Waals surface area contributed by atoms with Crippen LogP contribution in [0.3, 0.4) is 0 Å². The fraction of sp³-hybridized carbons (Fsp3) is 0.562. The first-order chi connectivity index (χ1) is 8.75. The molecule has 0 bridgehead atoms. The van der Waals surface area contributed by atoms with E-state index < -0.39 is 11.5 Å². The highest BCUT2D eigenvalue weighted by Crippen LogP contribution is 2.42. The summed E-state index contributed by atoms with van der Waals surface area (Å²) in [6.45, 7) is 8.07. The van der Waals surface area contributed by atoms with Gasteiger partial charge in [0.2, 0.25) is 5.91 Å². The molecule has 0 fully saturated rings.